The summed E-state index contributed by atoms with van der Waals surface area (Å²) in [7, 11) is 0. The molecule has 4 N–H and O–H groups in total. The van der Waals surface area contributed by atoms with Crippen molar-refractivity contribution in [3.05, 3.63) is 58.6 Å². The molecule has 0 spiro atoms. The quantitative estimate of drug-likeness (QED) is 0.434. The summed E-state index contributed by atoms with van der Waals surface area (Å²) < 4.78 is 10.8. The lowest BCUT2D eigenvalue weighted by Crippen LogP contribution is -2.60. The number of nitro groups is 1. The number of rotatable bonds is 5. The number of hydrogen-bond donors (Lipinski definition) is 4. The lowest BCUT2D eigenvalue weighted by Gasteiger charge is -2.39. The summed E-state index contributed by atoms with van der Waals surface area (Å²) in [6.45, 7) is -0.538. The van der Waals surface area contributed by atoms with Crippen LogP contribution in [0.5, 0.6) is 5.75 Å². The highest BCUT2D eigenvalue weighted by Gasteiger charge is 2.44. The average molecular weight is 377 g/mol. The Balaban J connectivity index is 1.71. The first-order valence-electron chi connectivity index (χ1n) is 8.23. The third kappa shape index (κ3) is 4.07. The van der Waals surface area contributed by atoms with Crippen molar-refractivity contribution in [3.63, 3.8) is 0 Å². The van der Waals surface area contributed by atoms with Gasteiger partial charge in [0, 0.05) is 12.1 Å². The molecule has 2 aromatic rings. The van der Waals surface area contributed by atoms with Crippen LogP contribution in [-0.2, 0) is 4.74 Å². The van der Waals surface area contributed by atoms with Gasteiger partial charge in [0.2, 0.25) is 6.29 Å². The molecule has 9 heteroatoms. The van der Waals surface area contributed by atoms with E-state index >= 15 is 0 Å². The normalized spacial score (nSPS) is 27.9. The van der Waals surface area contributed by atoms with E-state index in [0.29, 0.717) is 5.75 Å². The van der Waals surface area contributed by atoms with Gasteiger partial charge in [-0.15, -0.1) is 0 Å². The van der Waals surface area contributed by atoms with Crippen molar-refractivity contribution < 1.29 is 34.8 Å². The Bertz CT molecular complexity index is 777. The van der Waals surface area contributed by atoms with E-state index in [2.05, 4.69) is 0 Å². The molecule has 0 bridgehead atoms. The number of ether oxygens (including phenoxy) is 2. The highest BCUT2D eigenvalue weighted by atomic mass is 16.7. The molecular weight excluding hydrogens is 358 g/mol. The number of non-ortho nitro benzene ring substituents is 1. The lowest BCUT2D eigenvalue weighted by molar-refractivity contribution is -0.384. The molecule has 1 heterocycles. The van der Waals surface area contributed by atoms with E-state index in [4.69, 9.17) is 9.47 Å². The smallest absolute Gasteiger partial charge is 0.269 e. The molecule has 0 saturated carbocycles. The van der Waals surface area contributed by atoms with Crippen LogP contribution in [0.1, 0.15) is 0 Å². The van der Waals surface area contributed by atoms with Gasteiger partial charge in [0.05, 0.1) is 11.5 Å². The number of nitrogens with zero attached hydrogens (tertiary/aromatic N) is 1. The van der Waals surface area contributed by atoms with Crippen molar-refractivity contribution in [2.45, 2.75) is 30.7 Å². The summed E-state index contributed by atoms with van der Waals surface area (Å²) in [5, 5.41) is 49.4. The van der Waals surface area contributed by atoms with Gasteiger partial charge < -0.3 is 29.9 Å². The van der Waals surface area contributed by atoms with Gasteiger partial charge in [-0.25, -0.2) is 0 Å². The van der Waals surface area contributed by atoms with Gasteiger partial charge in [0.25, 0.3) is 5.69 Å². The first-order valence-corrected chi connectivity index (χ1v) is 8.23. The SMILES string of the molecule is O=[N+]([O-])c1ccc(-c2ccc(O[C@@H]3O[C@H](CO)[C@@H](O)[C@H](O)[C@H]3O)cc2)cc1. The highest BCUT2D eigenvalue weighted by molar-refractivity contribution is 5.65. The van der Waals surface area contributed by atoms with Crippen LogP contribution < -0.4 is 4.74 Å². The zero-order valence-electron chi connectivity index (χ0n) is 14.1. The molecule has 1 saturated heterocycles. The largest absolute Gasteiger partial charge is 0.462 e. The van der Waals surface area contributed by atoms with E-state index in [1.54, 1.807) is 36.4 Å². The fraction of sp³-hybridized carbons (Fsp3) is 0.333. The van der Waals surface area contributed by atoms with Crippen LogP contribution in [-0.4, -0.2) is 62.7 Å². The zero-order chi connectivity index (χ0) is 19.6. The van der Waals surface area contributed by atoms with Gasteiger partial charge >= 0.3 is 0 Å². The van der Waals surface area contributed by atoms with Crippen LogP contribution in [0.2, 0.25) is 0 Å². The first kappa shape index (κ1) is 19.2. The fourth-order valence-electron chi connectivity index (χ4n) is 2.80. The molecule has 0 amide bonds. The zero-order valence-corrected chi connectivity index (χ0v) is 14.1. The Kier molecular flexibility index (Phi) is 5.68. The number of aliphatic hydroxyl groups excluding tert-OH is 4. The lowest BCUT2D eigenvalue weighted by atomic mass is 9.99. The minimum absolute atomic E-state index is 0.00122. The summed E-state index contributed by atoms with van der Waals surface area (Å²) in [5.41, 5.74) is 1.58. The van der Waals surface area contributed by atoms with E-state index in [1.807, 2.05) is 0 Å². The Morgan fingerprint density at radius 1 is 0.926 bits per heavy atom. The van der Waals surface area contributed by atoms with Crippen LogP contribution in [0.4, 0.5) is 5.69 Å². The van der Waals surface area contributed by atoms with Gasteiger partial charge in [0.15, 0.2) is 0 Å². The second-order valence-electron chi connectivity index (χ2n) is 6.14. The van der Waals surface area contributed by atoms with Crippen LogP contribution >= 0.6 is 0 Å². The molecule has 144 valence electrons. The molecule has 5 atom stereocenters. The molecule has 0 aromatic heterocycles. The van der Waals surface area contributed by atoms with E-state index in [-0.39, 0.29) is 5.69 Å². The van der Waals surface area contributed by atoms with E-state index in [9.17, 15) is 30.5 Å². The minimum atomic E-state index is -1.51. The Hall–Kier alpha value is -2.56. The van der Waals surface area contributed by atoms with E-state index < -0.39 is 42.2 Å². The fourth-order valence-corrected chi connectivity index (χ4v) is 2.80. The number of nitro benzene ring substituents is 1. The third-order valence-electron chi connectivity index (χ3n) is 4.37. The van der Waals surface area contributed by atoms with Gasteiger partial charge in [0.1, 0.15) is 30.2 Å². The van der Waals surface area contributed by atoms with Crippen molar-refractivity contribution in [3.8, 4) is 16.9 Å². The maximum atomic E-state index is 10.7. The van der Waals surface area contributed by atoms with Gasteiger partial charge in [-0.3, -0.25) is 10.1 Å². The molecule has 27 heavy (non-hydrogen) atoms. The first-order chi connectivity index (χ1) is 12.9. The van der Waals surface area contributed by atoms with E-state index in [1.165, 1.54) is 12.1 Å². The molecule has 0 radical (unpaired) electrons. The Morgan fingerprint density at radius 2 is 1.48 bits per heavy atom. The van der Waals surface area contributed by atoms with Crippen LogP contribution in [0.15, 0.2) is 48.5 Å². The highest BCUT2D eigenvalue weighted by Crippen LogP contribution is 2.27. The summed E-state index contributed by atoms with van der Waals surface area (Å²) >= 11 is 0. The van der Waals surface area contributed by atoms with E-state index in [0.717, 1.165) is 11.1 Å². The van der Waals surface area contributed by atoms with Crippen molar-refractivity contribution in [1.82, 2.24) is 0 Å². The molecule has 9 nitrogen and oxygen atoms in total. The summed E-state index contributed by atoms with van der Waals surface area (Å²) in [5.74, 6) is 0.338. The third-order valence-corrected chi connectivity index (χ3v) is 4.37. The van der Waals surface area contributed by atoms with Crippen LogP contribution in [0.25, 0.3) is 11.1 Å². The average Bonchev–Trinajstić information content (AvgIpc) is 2.69. The topological polar surface area (TPSA) is 143 Å². The molecule has 3 rings (SSSR count). The number of benzene rings is 2. The predicted octanol–water partition coefficient (Wildman–Crippen LogP) is 0.440. The molecule has 2 aromatic carbocycles. The second kappa shape index (κ2) is 7.99. The van der Waals surface area contributed by atoms with Crippen molar-refractivity contribution in [1.29, 1.82) is 0 Å². The maximum Gasteiger partial charge on any atom is 0.269 e. The molecule has 0 unspecified atom stereocenters. The summed E-state index contributed by atoms with van der Waals surface area (Å²) in [6, 6.07) is 12.7. The second-order valence-corrected chi connectivity index (χ2v) is 6.14. The Labute approximate surface area is 154 Å². The molecule has 0 aliphatic carbocycles. The van der Waals surface area contributed by atoms with Gasteiger partial charge in [-0.05, 0) is 35.4 Å². The monoisotopic (exact) mass is 377 g/mol. The predicted molar refractivity (Wildman–Crippen MR) is 92.9 cm³/mol. The number of hydrogen-bond acceptors (Lipinski definition) is 8. The molecular formula is C18H19NO8. The maximum absolute atomic E-state index is 10.7. The molecule has 1 aliphatic rings. The minimum Gasteiger partial charge on any atom is -0.462 e. The number of aliphatic hydroxyl groups is 4. The Morgan fingerprint density at radius 3 is 2.00 bits per heavy atom. The van der Waals surface area contributed by atoms with Gasteiger partial charge in [-0.2, -0.15) is 0 Å². The summed E-state index contributed by atoms with van der Waals surface area (Å²) in [4.78, 5) is 10.2. The van der Waals surface area contributed by atoms with Crippen molar-refractivity contribution >= 4 is 5.69 Å². The van der Waals surface area contributed by atoms with Gasteiger partial charge in [-0.1, -0.05) is 12.1 Å². The van der Waals surface area contributed by atoms with Crippen molar-refractivity contribution in [2.24, 2.45) is 0 Å². The van der Waals surface area contributed by atoms with Crippen LogP contribution in [0.3, 0.4) is 0 Å². The summed E-state index contributed by atoms with van der Waals surface area (Å²) in [6.07, 6.45) is -6.76. The molecule has 1 fully saturated rings. The standard InChI is InChI=1S/C18H19NO8/c20-9-14-15(21)16(22)17(23)18(27-14)26-13-7-3-11(4-8-13)10-1-5-12(6-2-10)19(24)25/h1-8,14-18,20-23H,9H2/t14-,15-,16+,17-,18-/m1/s1. The molecule has 1 aliphatic heterocycles. The van der Waals surface area contributed by atoms with Crippen LogP contribution in [0, 0.1) is 10.1 Å². The van der Waals surface area contributed by atoms with Crippen molar-refractivity contribution in [2.75, 3.05) is 6.61 Å².